The number of nitrogens with one attached hydrogen (secondary N) is 1. The van der Waals surface area contributed by atoms with E-state index in [-0.39, 0.29) is 17.4 Å². The van der Waals surface area contributed by atoms with E-state index in [1.54, 1.807) is 6.21 Å². The zero-order valence-corrected chi connectivity index (χ0v) is 17.9. The normalized spacial score (nSPS) is 22.6. The summed E-state index contributed by atoms with van der Waals surface area (Å²) >= 11 is 0. The van der Waals surface area contributed by atoms with Crippen LogP contribution in [0, 0.1) is 0 Å². The summed E-state index contributed by atoms with van der Waals surface area (Å²) in [7, 11) is 0. The number of hydrazone groups is 1. The van der Waals surface area contributed by atoms with Crippen molar-refractivity contribution >= 4 is 29.1 Å². The van der Waals surface area contributed by atoms with Crippen LogP contribution in [0.25, 0.3) is 22.3 Å². The maximum absolute atomic E-state index is 10.3. The molecule has 2 aromatic carbocycles. The molecule has 1 fully saturated rings. The summed E-state index contributed by atoms with van der Waals surface area (Å²) in [6.45, 7) is -0.438. The Bertz CT molecular complexity index is 1310. The van der Waals surface area contributed by atoms with Crippen molar-refractivity contribution in [3.05, 3.63) is 66.5 Å². The van der Waals surface area contributed by atoms with E-state index in [0.717, 1.165) is 16.7 Å². The van der Waals surface area contributed by atoms with Crippen molar-refractivity contribution in [3.8, 4) is 11.1 Å². The van der Waals surface area contributed by atoms with Crippen molar-refractivity contribution < 1.29 is 20.1 Å². The lowest BCUT2D eigenvalue weighted by atomic mass is 10.0. The van der Waals surface area contributed by atoms with Gasteiger partial charge in [-0.1, -0.05) is 54.6 Å². The van der Waals surface area contributed by atoms with E-state index in [0.29, 0.717) is 5.52 Å². The third kappa shape index (κ3) is 4.08. The van der Waals surface area contributed by atoms with Crippen LogP contribution in [0.2, 0.25) is 0 Å². The van der Waals surface area contributed by atoms with Gasteiger partial charge in [-0.05, 0) is 16.7 Å². The molecule has 4 atom stereocenters. The van der Waals surface area contributed by atoms with Crippen molar-refractivity contribution in [2.75, 3.05) is 17.8 Å². The van der Waals surface area contributed by atoms with Crippen molar-refractivity contribution in [2.45, 2.75) is 24.5 Å². The second kappa shape index (κ2) is 9.15. The number of ether oxygens (including phenoxy) is 1. The predicted molar refractivity (Wildman–Crippen MR) is 126 cm³/mol. The molecule has 1 aliphatic rings. The van der Waals surface area contributed by atoms with Crippen molar-refractivity contribution in [2.24, 2.45) is 5.10 Å². The van der Waals surface area contributed by atoms with Crippen molar-refractivity contribution in [3.63, 3.8) is 0 Å². The quantitative estimate of drug-likeness (QED) is 0.209. The molecule has 0 radical (unpaired) electrons. The van der Waals surface area contributed by atoms with Gasteiger partial charge in [0.15, 0.2) is 17.7 Å². The smallest absolute Gasteiger partial charge is 0.247 e. The minimum Gasteiger partial charge on any atom is -0.394 e. The topological polar surface area (TPSA) is 164 Å². The van der Waals surface area contributed by atoms with E-state index in [1.807, 2.05) is 54.6 Å². The van der Waals surface area contributed by atoms with Crippen LogP contribution in [0.3, 0.4) is 0 Å². The summed E-state index contributed by atoms with van der Waals surface area (Å²) in [5.74, 6) is 0.232. The van der Waals surface area contributed by atoms with E-state index in [1.165, 1.54) is 10.9 Å². The fourth-order valence-corrected chi connectivity index (χ4v) is 3.84. The number of rotatable bonds is 6. The van der Waals surface area contributed by atoms with E-state index < -0.39 is 31.1 Å². The molecule has 11 nitrogen and oxygen atoms in total. The van der Waals surface area contributed by atoms with Gasteiger partial charge in [0.05, 0.1) is 19.1 Å². The molecular formula is C23H23N7O4. The fraction of sp³-hybridized carbons (Fsp3) is 0.217. The number of nitrogens with zero attached hydrogens (tertiary/aromatic N) is 5. The Kier molecular flexibility index (Phi) is 5.90. The van der Waals surface area contributed by atoms with E-state index >= 15 is 0 Å². The Labute approximate surface area is 194 Å². The Hall–Kier alpha value is -3.90. The molecule has 11 heteroatoms. The number of anilines is 2. The van der Waals surface area contributed by atoms with Gasteiger partial charge in [-0.25, -0.2) is 10.4 Å². The highest BCUT2D eigenvalue weighted by atomic mass is 16.6. The molecular weight excluding hydrogens is 438 g/mol. The molecule has 6 N–H and O–H groups in total. The highest BCUT2D eigenvalue weighted by molar-refractivity contribution is 5.84. The van der Waals surface area contributed by atoms with Gasteiger partial charge in [-0.15, -0.1) is 0 Å². The summed E-state index contributed by atoms with van der Waals surface area (Å²) < 4.78 is 7.01. The highest BCUT2D eigenvalue weighted by Crippen LogP contribution is 2.32. The number of hydrogen-bond donors (Lipinski definition) is 5. The van der Waals surface area contributed by atoms with Gasteiger partial charge in [-0.3, -0.25) is 4.57 Å². The molecule has 174 valence electrons. The van der Waals surface area contributed by atoms with E-state index in [4.69, 9.17) is 10.5 Å². The summed E-state index contributed by atoms with van der Waals surface area (Å²) in [6.07, 6.45) is -1.43. The maximum Gasteiger partial charge on any atom is 0.247 e. The molecule has 0 bridgehead atoms. The van der Waals surface area contributed by atoms with Crippen LogP contribution in [0.5, 0.6) is 0 Å². The fourth-order valence-electron chi connectivity index (χ4n) is 3.84. The summed E-state index contributed by atoms with van der Waals surface area (Å²) in [4.78, 5) is 12.7. The first-order valence-electron chi connectivity index (χ1n) is 10.6. The van der Waals surface area contributed by atoms with Gasteiger partial charge in [0, 0.05) is 0 Å². The van der Waals surface area contributed by atoms with Crippen LogP contribution in [0.4, 0.5) is 11.8 Å². The lowest BCUT2D eigenvalue weighted by Crippen LogP contribution is -2.33. The minimum atomic E-state index is -1.28. The number of nitrogens with two attached hydrogens (primary N) is 1. The molecule has 3 heterocycles. The van der Waals surface area contributed by atoms with Crippen molar-refractivity contribution in [1.29, 1.82) is 0 Å². The molecule has 2 aromatic heterocycles. The van der Waals surface area contributed by atoms with Crippen LogP contribution >= 0.6 is 0 Å². The van der Waals surface area contributed by atoms with Gasteiger partial charge in [0.25, 0.3) is 0 Å². The summed E-state index contributed by atoms with van der Waals surface area (Å²) in [5, 5.41) is 33.9. The third-order valence-corrected chi connectivity index (χ3v) is 5.64. The van der Waals surface area contributed by atoms with Crippen LogP contribution in [-0.2, 0) is 4.74 Å². The molecule has 1 saturated heterocycles. The molecule has 4 aromatic rings. The predicted octanol–water partition coefficient (Wildman–Crippen LogP) is 1.13. The lowest BCUT2D eigenvalue weighted by Gasteiger charge is -2.16. The number of aliphatic hydroxyl groups is 3. The third-order valence-electron chi connectivity index (χ3n) is 5.64. The van der Waals surface area contributed by atoms with Crippen molar-refractivity contribution in [1.82, 2.24) is 19.5 Å². The molecule has 0 aliphatic carbocycles. The zero-order valence-electron chi connectivity index (χ0n) is 17.9. The van der Waals surface area contributed by atoms with Gasteiger partial charge < -0.3 is 25.8 Å². The number of nitrogen functional groups attached to an aromatic ring is 1. The van der Waals surface area contributed by atoms with Gasteiger partial charge in [0.1, 0.15) is 23.8 Å². The van der Waals surface area contributed by atoms with E-state index in [9.17, 15) is 15.3 Å². The Balaban J connectivity index is 1.34. The van der Waals surface area contributed by atoms with Crippen LogP contribution in [0.1, 0.15) is 11.8 Å². The zero-order chi connectivity index (χ0) is 23.7. The molecule has 1 aliphatic heterocycles. The second-order valence-electron chi connectivity index (χ2n) is 7.84. The average Bonchev–Trinajstić information content (AvgIpc) is 3.41. The number of fused-ring (bicyclic) bond motifs is 1. The van der Waals surface area contributed by atoms with Gasteiger partial charge in [-0.2, -0.15) is 15.1 Å². The molecule has 0 saturated carbocycles. The summed E-state index contributed by atoms with van der Waals surface area (Å²) in [5.41, 5.74) is 12.5. The first-order valence-corrected chi connectivity index (χ1v) is 10.6. The molecule has 0 amide bonds. The Morgan fingerprint density at radius 2 is 1.76 bits per heavy atom. The van der Waals surface area contributed by atoms with Crippen LogP contribution in [-0.4, -0.2) is 66.0 Å². The Morgan fingerprint density at radius 1 is 1.03 bits per heavy atom. The lowest BCUT2D eigenvalue weighted by molar-refractivity contribution is -0.0511. The minimum absolute atomic E-state index is 0.111. The largest absolute Gasteiger partial charge is 0.394 e. The highest BCUT2D eigenvalue weighted by Gasteiger charge is 2.44. The Morgan fingerprint density at radius 3 is 2.47 bits per heavy atom. The summed E-state index contributed by atoms with van der Waals surface area (Å²) in [6, 6.07) is 18.0. The first kappa shape index (κ1) is 21.9. The molecule has 34 heavy (non-hydrogen) atoms. The first-order chi connectivity index (χ1) is 16.5. The molecule has 4 unspecified atom stereocenters. The number of aromatic nitrogens is 4. The number of aliphatic hydroxyl groups excluding tert-OH is 3. The van der Waals surface area contributed by atoms with Gasteiger partial charge >= 0.3 is 0 Å². The molecule has 5 rings (SSSR count). The number of imidazole rings is 1. The monoisotopic (exact) mass is 461 g/mol. The van der Waals surface area contributed by atoms with E-state index in [2.05, 4.69) is 25.5 Å². The van der Waals surface area contributed by atoms with Crippen LogP contribution in [0.15, 0.2) is 66.0 Å². The SMILES string of the molecule is Nc1nc(N/N=C/c2ccc(-c3ccccc3)cc2)nc2c1ncn2C1OC(CO)C(O)C1O. The van der Waals surface area contributed by atoms with Gasteiger partial charge in [0.2, 0.25) is 5.95 Å². The molecule has 0 spiro atoms. The average molecular weight is 461 g/mol. The standard InChI is InChI=1S/C23H23N7O4/c24-20-17-21(30(12-25-17)22-19(33)18(32)16(11-31)34-22)28-23(27-20)29-26-10-13-6-8-15(9-7-13)14-4-2-1-3-5-14/h1-10,12,16,18-19,22,31-33H,11H2,(H3,24,27,28,29)/b26-10+. The maximum atomic E-state index is 10.3. The van der Waals surface area contributed by atoms with Crippen LogP contribution < -0.4 is 11.2 Å². The number of hydrogen-bond acceptors (Lipinski definition) is 10. The number of benzene rings is 2. The second-order valence-corrected chi connectivity index (χ2v) is 7.84.